The van der Waals surface area contributed by atoms with Crippen LogP contribution in [0.5, 0.6) is 0 Å². The molecule has 0 fully saturated rings. The molecule has 0 bridgehead atoms. The lowest BCUT2D eigenvalue weighted by atomic mass is 10.0. The summed E-state index contributed by atoms with van der Waals surface area (Å²) in [6.45, 7) is 1.77. The van der Waals surface area contributed by atoms with Crippen molar-refractivity contribution in [3.63, 3.8) is 0 Å². The highest BCUT2D eigenvalue weighted by Crippen LogP contribution is 2.16. The van der Waals surface area contributed by atoms with Crippen LogP contribution in [0.25, 0.3) is 5.53 Å². The van der Waals surface area contributed by atoms with E-state index in [-0.39, 0.29) is 29.1 Å². The lowest BCUT2D eigenvalue weighted by Crippen LogP contribution is -2.12. The maximum Gasteiger partial charge on any atom is 0.334 e. The summed E-state index contributed by atoms with van der Waals surface area (Å²) in [6, 6.07) is 8.77. The summed E-state index contributed by atoms with van der Waals surface area (Å²) in [5, 5.41) is 0.243. The molecule has 0 aliphatic heterocycles. The molecule has 6 heteroatoms. The number of aliphatic imine (C=N–C) groups is 1. The van der Waals surface area contributed by atoms with Crippen LogP contribution in [-0.2, 0) is 0 Å². The normalized spacial score (nSPS) is 15.9. The fraction of sp³-hybridized carbons (Fsp3) is 0.0714. The Morgan fingerprint density at radius 1 is 1.25 bits per heavy atom. The molecule has 0 saturated heterocycles. The molecule has 0 radical (unpaired) electrons. The van der Waals surface area contributed by atoms with E-state index < -0.39 is 0 Å². The maximum atomic E-state index is 11.9. The first-order valence-electron chi connectivity index (χ1n) is 5.58. The van der Waals surface area contributed by atoms with Crippen LogP contribution in [-0.4, -0.2) is 22.1 Å². The Labute approximate surface area is 127 Å². The van der Waals surface area contributed by atoms with Gasteiger partial charge in [-0.2, -0.15) is 4.79 Å². The van der Waals surface area contributed by atoms with Crippen molar-refractivity contribution in [3.05, 3.63) is 64.2 Å². The van der Waals surface area contributed by atoms with E-state index in [2.05, 4.69) is 9.78 Å². The Balaban J connectivity index is 0.00000200. The van der Waals surface area contributed by atoms with Crippen LogP contribution in [0, 0.1) is 0 Å². The third kappa shape index (κ3) is 3.52. The maximum absolute atomic E-state index is 11.9. The second-order valence-corrected chi connectivity index (χ2v) is 4.38. The zero-order valence-electron chi connectivity index (χ0n) is 10.6. The highest BCUT2D eigenvalue weighted by atomic mass is 35.5. The molecule has 0 saturated carbocycles. The van der Waals surface area contributed by atoms with Gasteiger partial charge in [0.1, 0.15) is 5.03 Å². The van der Waals surface area contributed by atoms with Crippen LogP contribution in [0.4, 0.5) is 0 Å². The van der Waals surface area contributed by atoms with E-state index in [1.807, 2.05) is 6.07 Å². The molecule has 1 aromatic rings. The van der Waals surface area contributed by atoms with Crippen LogP contribution in [0.1, 0.15) is 17.3 Å². The number of rotatable bonds is 1. The lowest BCUT2D eigenvalue weighted by Gasteiger charge is -2.05. The fourth-order valence-corrected chi connectivity index (χ4v) is 1.80. The van der Waals surface area contributed by atoms with Crippen molar-refractivity contribution >= 4 is 41.3 Å². The van der Waals surface area contributed by atoms with E-state index >= 15 is 0 Å². The molecule has 102 valence electrons. The molecule has 0 unspecified atom stereocenters. The van der Waals surface area contributed by atoms with Crippen molar-refractivity contribution in [2.24, 2.45) is 4.99 Å². The first kappa shape index (κ1) is 16.1. The summed E-state index contributed by atoms with van der Waals surface area (Å²) in [5.41, 5.74) is 10.7. The molecule has 2 rings (SSSR count). The minimum absolute atomic E-state index is 0. The van der Waals surface area contributed by atoms with Gasteiger partial charge in [-0.1, -0.05) is 29.8 Å². The Kier molecular flexibility index (Phi) is 5.59. The Morgan fingerprint density at radius 3 is 2.50 bits per heavy atom. The van der Waals surface area contributed by atoms with Gasteiger partial charge in [-0.25, -0.2) is 4.99 Å². The monoisotopic (exact) mass is 307 g/mol. The van der Waals surface area contributed by atoms with E-state index in [0.717, 1.165) is 0 Å². The molecule has 0 spiro atoms. The molecular weight excluding hydrogens is 297 g/mol. The molecule has 4 nitrogen and oxygen atoms in total. The second kappa shape index (κ2) is 6.96. The van der Waals surface area contributed by atoms with Crippen molar-refractivity contribution in [3.8, 4) is 0 Å². The van der Waals surface area contributed by atoms with Crippen molar-refractivity contribution in [2.45, 2.75) is 6.92 Å². The zero-order chi connectivity index (χ0) is 13.8. The Bertz CT molecular complexity index is 669. The van der Waals surface area contributed by atoms with E-state index in [1.54, 1.807) is 37.3 Å². The molecule has 1 aliphatic rings. The summed E-state index contributed by atoms with van der Waals surface area (Å²) in [6.07, 6.45) is 3.08. The molecule has 1 amide bonds. The van der Waals surface area contributed by atoms with Gasteiger partial charge >= 0.3 is 5.71 Å². The number of carbonyl (C=O) groups is 1. The van der Waals surface area contributed by atoms with Gasteiger partial charge in [0.2, 0.25) is 0 Å². The van der Waals surface area contributed by atoms with E-state index in [4.69, 9.17) is 17.1 Å². The topological polar surface area (TPSA) is 65.8 Å². The quantitative estimate of drug-likeness (QED) is 0.445. The molecule has 0 atom stereocenters. The van der Waals surface area contributed by atoms with Crippen LogP contribution in [0.2, 0.25) is 0 Å². The van der Waals surface area contributed by atoms with E-state index in [0.29, 0.717) is 16.8 Å². The smallest absolute Gasteiger partial charge is 0.334 e. The molecule has 0 N–H and O–H groups in total. The first-order chi connectivity index (χ1) is 9.11. The van der Waals surface area contributed by atoms with Gasteiger partial charge in [-0.15, -0.1) is 12.4 Å². The van der Waals surface area contributed by atoms with Crippen LogP contribution < -0.4 is 0 Å². The lowest BCUT2D eigenvalue weighted by molar-refractivity contribution is -0.00196. The van der Waals surface area contributed by atoms with Crippen molar-refractivity contribution in [1.82, 2.24) is 0 Å². The SMILES string of the molecule is CC1=CC(=[N+]=[N-])C(Cl)=CC1=NC(=O)c1ccccc1.Cl. The molecule has 1 aromatic carbocycles. The minimum atomic E-state index is -0.339. The first-order valence-corrected chi connectivity index (χ1v) is 5.96. The van der Waals surface area contributed by atoms with E-state index in [1.165, 1.54) is 6.08 Å². The zero-order valence-corrected chi connectivity index (χ0v) is 12.1. The number of hydrogen-bond acceptors (Lipinski definition) is 1. The molecule has 0 heterocycles. The molecule has 0 aromatic heterocycles. The summed E-state index contributed by atoms with van der Waals surface area (Å²) in [5.74, 6) is -0.339. The fourth-order valence-electron chi connectivity index (χ4n) is 1.61. The van der Waals surface area contributed by atoms with Gasteiger partial charge in [-0.05, 0) is 30.7 Å². The van der Waals surface area contributed by atoms with Crippen molar-refractivity contribution in [2.75, 3.05) is 0 Å². The highest BCUT2D eigenvalue weighted by Gasteiger charge is 2.19. The third-order valence-electron chi connectivity index (χ3n) is 2.62. The van der Waals surface area contributed by atoms with Crippen LogP contribution in [0.3, 0.4) is 0 Å². The number of amides is 1. The average Bonchev–Trinajstić information content (AvgIpc) is 2.43. The summed E-state index contributed by atoms with van der Waals surface area (Å²) in [4.78, 5) is 19.0. The molecular formula is C14H11Cl2N3O. The van der Waals surface area contributed by atoms with Gasteiger partial charge in [0, 0.05) is 11.6 Å². The standard InChI is InChI=1S/C14H10ClN3O.ClH/c1-9-7-13(18-16)11(15)8-12(9)17-14(19)10-5-3-2-4-6-10;/h2-8H,1H3;1H. The van der Waals surface area contributed by atoms with Crippen LogP contribution >= 0.6 is 24.0 Å². The van der Waals surface area contributed by atoms with Crippen LogP contribution in [0.15, 0.2) is 58.1 Å². The Hall–Kier alpha value is -2.00. The highest BCUT2D eigenvalue weighted by molar-refractivity contribution is 6.48. The summed E-state index contributed by atoms with van der Waals surface area (Å²) in [7, 11) is 0. The number of allylic oxidation sites excluding steroid dienone is 4. The number of benzene rings is 1. The minimum Gasteiger partial charge on any atom is -0.361 e. The largest absolute Gasteiger partial charge is 0.361 e. The second-order valence-electron chi connectivity index (χ2n) is 3.97. The van der Waals surface area contributed by atoms with Gasteiger partial charge in [0.05, 0.1) is 5.71 Å². The number of hydrogen-bond donors (Lipinski definition) is 0. The predicted octanol–water partition coefficient (Wildman–Crippen LogP) is 3.44. The van der Waals surface area contributed by atoms with Gasteiger partial charge in [0.25, 0.3) is 5.91 Å². The molecule has 20 heavy (non-hydrogen) atoms. The Morgan fingerprint density at radius 2 is 1.90 bits per heavy atom. The summed E-state index contributed by atoms with van der Waals surface area (Å²) < 4.78 is 0. The van der Waals surface area contributed by atoms with Crippen molar-refractivity contribution < 1.29 is 9.58 Å². The molecule has 1 aliphatic carbocycles. The summed E-state index contributed by atoms with van der Waals surface area (Å²) >= 11 is 5.91. The number of halogens is 2. The number of nitrogens with zero attached hydrogens (tertiary/aromatic N) is 3. The van der Waals surface area contributed by atoms with Crippen molar-refractivity contribution in [1.29, 1.82) is 0 Å². The predicted molar refractivity (Wildman–Crippen MR) is 81.8 cm³/mol. The number of carbonyl (C=O) groups excluding carboxylic acids is 1. The van der Waals surface area contributed by atoms with Gasteiger partial charge < -0.3 is 5.53 Å². The third-order valence-corrected chi connectivity index (χ3v) is 2.92. The van der Waals surface area contributed by atoms with Gasteiger partial charge in [0.15, 0.2) is 0 Å². The van der Waals surface area contributed by atoms with E-state index in [9.17, 15) is 4.79 Å². The average molecular weight is 308 g/mol. The van der Waals surface area contributed by atoms with Gasteiger partial charge in [-0.3, -0.25) is 4.79 Å².